The third kappa shape index (κ3) is 4.48. The van der Waals surface area contributed by atoms with E-state index < -0.39 is 11.2 Å². The molecule has 2 rings (SSSR count). The van der Waals surface area contributed by atoms with Gasteiger partial charge in [0.1, 0.15) is 0 Å². The van der Waals surface area contributed by atoms with E-state index in [9.17, 15) is 14.4 Å². The molecule has 1 N–H and O–H groups in total. The van der Waals surface area contributed by atoms with Crippen LogP contribution in [0.15, 0.2) is 31.8 Å². The number of aryl methyl sites for hydroxylation is 4. The summed E-state index contributed by atoms with van der Waals surface area (Å²) in [6.45, 7) is 6.00. The number of nitrogens with zero attached hydrogens (tertiary/aromatic N) is 4. The van der Waals surface area contributed by atoms with Gasteiger partial charge in [-0.3, -0.25) is 14.2 Å². The van der Waals surface area contributed by atoms with Crippen LogP contribution in [0.4, 0.5) is 0 Å². The van der Waals surface area contributed by atoms with Gasteiger partial charge < -0.3 is 0 Å². The van der Waals surface area contributed by atoms with Crippen molar-refractivity contribution in [1.82, 2.24) is 19.8 Å². The number of amides is 1. The summed E-state index contributed by atoms with van der Waals surface area (Å²) in [5, 5.41) is 7.94. The lowest BCUT2D eigenvalue weighted by Crippen LogP contribution is -2.39. The number of benzene rings is 1. The topological polar surface area (TPSA) is 98.3 Å². The van der Waals surface area contributed by atoms with E-state index >= 15 is 0 Å². The molecule has 0 saturated carbocycles. The van der Waals surface area contributed by atoms with Crippen molar-refractivity contribution in [1.29, 1.82) is 0 Å². The molecule has 0 radical (unpaired) electrons. The van der Waals surface area contributed by atoms with Crippen molar-refractivity contribution < 1.29 is 4.79 Å². The Morgan fingerprint density at radius 2 is 1.85 bits per heavy atom. The second kappa shape index (κ2) is 8.13. The van der Waals surface area contributed by atoms with Gasteiger partial charge in [-0.1, -0.05) is 29.5 Å². The molecule has 0 bridgehead atoms. The van der Waals surface area contributed by atoms with Crippen molar-refractivity contribution >= 4 is 23.9 Å². The Balaban J connectivity index is 2.01. The molecule has 138 valence electrons. The molecule has 0 spiro atoms. The fraction of sp³-hybridized carbons (Fsp3) is 0.353. The van der Waals surface area contributed by atoms with Crippen LogP contribution < -0.4 is 16.7 Å². The summed E-state index contributed by atoms with van der Waals surface area (Å²) in [6.07, 6.45) is 1.61. The minimum atomic E-state index is -0.527. The summed E-state index contributed by atoms with van der Waals surface area (Å²) in [5.41, 5.74) is 5.67. The second-order valence-corrected chi connectivity index (χ2v) is 6.93. The van der Waals surface area contributed by atoms with Crippen molar-refractivity contribution in [3.8, 4) is 0 Å². The molecule has 0 aliphatic rings. The number of hydrogen-bond acceptors (Lipinski definition) is 6. The molecule has 8 nitrogen and oxygen atoms in total. The molecule has 1 amide bonds. The number of thioether (sulfide) groups is 1. The minimum absolute atomic E-state index is 0.0380. The number of carbonyl (C=O) groups is 1. The van der Waals surface area contributed by atoms with Gasteiger partial charge in [-0.2, -0.15) is 10.2 Å². The van der Waals surface area contributed by atoms with Gasteiger partial charge in [-0.05, 0) is 31.9 Å². The van der Waals surface area contributed by atoms with Gasteiger partial charge in [0.2, 0.25) is 5.91 Å². The molecule has 2 aromatic rings. The third-order valence-electron chi connectivity index (χ3n) is 3.75. The first-order valence-electron chi connectivity index (χ1n) is 7.87. The molecule has 1 aromatic carbocycles. The molecule has 0 fully saturated rings. The highest BCUT2D eigenvalue weighted by molar-refractivity contribution is 7.99. The number of carbonyl (C=O) groups excluding carboxylic acids is 1. The molecular weight excluding hydrogens is 354 g/mol. The zero-order chi connectivity index (χ0) is 19.4. The number of aromatic nitrogens is 3. The first-order chi connectivity index (χ1) is 12.2. The largest absolute Gasteiger partial charge is 0.346 e. The van der Waals surface area contributed by atoms with Crippen molar-refractivity contribution in [3.63, 3.8) is 0 Å². The third-order valence-corrected chi connectivity index (χ3v) is 4.69. The van der Waals surface area contributed by atoms with E-state index in [1.807, 2.05) is 32.9 Å². The van der Waals surface area contributed by atoms with Gasteiger partial charge in [0.25, 0.3) is 5.56 Å². The van der Waals surface area contributed by atoms with Gasteiger partial charge >= 0.3 is 5.69 Å². The zero-order valence-electron chi connectivity index (χ0n) is 15.4. The lowest BCUT2D eigenvalue weighted by Gasteiger charge is -2.07. The van der Waals surface area contributed by atoms with Gasteiger partial charge in [-0.25, -0.2) is 14.9 Å². The van der Waals surface area contributed by atoms with Gasteiger partial charge in [0.05, 0.1) is 12.0 Å². The first kappa shape index (κ1) is 19.6. The quantitative estimate of drug-likeness (QED) is 0.470. The molecule has 0 saturated heterocycles. The zero-order valence-corrected chi connectivity index (χ0v) is 16.2. The number of nitrogens with one attached hydrogen (secondary N) is 1. The molecule has 0 unspecified atom stereocenters. The van der Waals surface area contributed by atoms with E-state index in [4.69, 9.17) is 0 Å². The predicted molar refractivity (Wildman–Crippen MR) is 102 cm³/mol. The fourth-order valence-corrected chi connectivity index (χ4v) is 3.26. The molecule has 26 heavy (non-hydrogen) atoms. The van der Waals surface area contributed by atoms with Crippen molar-refractivity contribution in [2.45, 2.75) is 25.8 Å². The fourth-order valence-electron chi connectivity index (χ4n) is 2.49. The summed E-state index contributed by atoms with van der Waals surface area (Å²) in [6, 6.07) is 4.10. The van der Waals surface area contributed by atoms with Gasteiger partial charge in [0, 0.05) is 19.7 Å². The van der Waals surface area contributed by atoms with Gasteiger partial charge in [0.15, 0.2) is 5.03 Å². The highest BCUT2D eigenvalue weighted by Gasteiger charge is 2.11. The van der Waals surface area contributed by atoms with Crippen LogP contribution in [0.25, 0.3) is 0 Å². The molecule has 0 aliphatic heterocycles. The Morgan fingerprint density at radius 3 is 2.46 bits per heavy atom. The van der Waals surface area contributed by atoms with Gasteiger partial charge in [-0.15, -0.1) is 0 Å². The van der Waals surface area contributed by atoms with Crippen LogP contribution in [0, 0.1) is 20.8 Å². The Morgan fingerprint density at radius 1 is 1.23 bits per heavy atom. The van der Waals surface area contributed by atoms with E-state index in [1.54, 1.807) is 6.21 Å². The number of rotatable bonds is 5. The number of hydrogen-bond donors (Lipinski definition) is 1. The highest BCUT2D eigenvalue weighted by atomic mass is 32.2. The minimum Gasteiger partial charge on any atom is -0.272 e. The Kier molecular flexibility index (Phi) is 6.14. The lowest BCUT2D eigenvalue weighted by atomic mass is 10.0. The van der Waals surface area contributed by atoms with Crippen LogP contribution in [0.1, 0.15) is 22.3 Å². The molecule has 0 atom stereocenters. The second-order valence-electron chi connectivity index (χ2n) is 5.97. The first-order valence-corrected chi connectivity index (χ1v) is 8.86. The monoisotopic (exact) mass is 375 g/mol. The highest BCUT2D eigenvalue weighted by Crippen LogP contribution is 2.14. The maximum atomic E-state index is 12.0. The van der Waals surface area contributed by atoms with E-state index in [0.29, 0.717) is 0 Å². The van der Waals surface area contributed by atoms with Crippen molar-refractivity contribution in [2.24, 2.45) is 19.2 Å². The smallest absolute Gasteiger partial charge is 0.272 e. The molecule has 1 aromatic heterocycles. The summed E-state index contributed by atoms with van der Waals surface area (Å²) in [4.78, 5) is 35.5. The summed E-state index contributed by atoms with van der Waals surface area (Å²) < 4.78 is 2.01. The van der Waals surface area contributed by atoms with E-state index in [2.05, 4.69) is 15.6 Å². The van der Waals surface area contributed by atoms with E-state index in [-0.39, 0.29) is 16.7 Å². The van der Waals surface area contributed by atoms with Crippen molar-refractivity contribution in [2.75, 3.05) is 5.75 Å². The van der Waals surface area contributed by atoms with Crippen LogP contribution in [-0.4, -0.2) is 32.2 Å². The predicted octanol–water partition coefficient (Wildman–Crippen LogP) is 0.647. The van der Waals surface area contributed by atoms with E-state index in [1.165, 1.54) is 19.7 Å². The van der Waals surface area contributed by atoms with Crippen molar-refractivity contribution in [3.05, 3.63) is 55.2 Å². The lowest BCUT2D eigenvalue weighted by molar-refractivity contribution is -0.118. The number of hydrazone groups is 1. The Hall–Kier alpha value is -2.68. The Bertz CT molecular complexity index is 968. The Labute approximate surface area is 154 Å². The average Bonchev–Trinajstić information content (AvgIpc) is 2.57. The molecular formula is C17H21N5O3S. The molecule has 0 aliphatic carbocycles. The van der Waals surface area contributed by atoms with Crippen LogP contribution in [0.5, 0.6) is 0 Å². The SMILES string of the molecule is Cc1cc(C)c(/C=N\NC(=O)CSc2nn(C)c(=O)n(C)c2=O)c(C)c1. The normalized spacial score (nSPS) is 11.1. The van der Waals surface area contributed by atoms with Crippen LogP contribution in [0.2, 0.25) is 0 Å². The van der Waals surface area contributed by atoms with E-state index in [0.717, 1.165) is 37.7 Å². The maximum Gasteiger partial charge on any atom is 0.346 e. The standard InChI is InChI=1S/C17H21N5O3S/c1-10-6-11(2)13(12(3)7-10)8-18-19-14(23)9-26-15-16(24)21(4)17(25)22(5)20-15/h6-8H,9H2,1-5H3,(H,19,23)/b18-8-. The summed E-state index contributed by atoms with van der Waals surface area (Å²) >= 11 is 0.957. The molecule has 9 heteroatoms. The van der Waals surface area contributed by atoms with Crippen LogP contribution in [0.3, 0.4) is 0 Å². The summed E-state index contributed by atoms with van der Waals surface area (Å²) in [7, 11) is 2.81. The maximum absolute atomic E-state index is 12.0. The van der Waals surface area contributed by atoms with Crippen LogP contribution >= 0.6 is 11.8 Å². The average molecular weight is 375 g/mol. The molecule has 1 heterocycles. The summed E-state index contributed by atoms with van der Waals surface area (Å²) in [5.74, 6) is -0.407. The van der Waals surface area contributed by atoms with Crippen LogP contribution in [-0.2, 0) is 18.9 Å².